The van der Waals surface area contributed by atoms with Crippen LogP contribution in [0, 0.1) is 5.92 Å². The van der Waals surface area contributed by atoms with E-state index in [2.05, 4.69) is 10.0 Å². The lowest BCUT2D eigenvalue weighted by Gasteiger charge is -2.19. The topological polar surface area (TPSA) is 75.3 Å². The van der Waals surface area contributed by atoms with Crippen molar-refractivity contribution >= 4 is 33.4 Å². The van der Waals surface area contributed by atoms with Gasteiger partial charge >= 0.3 is 0 Å². The zero-order valence-corrected chi connectivity index (χ0v) is 17.7. The molecular weight excluding hydrogens is 380 g/mol. The number of carbonyl (C=O) groups excluding carboxylic acids is 1. The molecule has 2 rings (SSSR count). The lowest BCUT2D eigenvalue weighted by atomic mass is 10.1. The van der Waals surface area contributed by atoms with Crippen molar-refractivity contribution < 1.29 is 13.2 Å². The highest BCUT2D eigenvalue weighted by Gasteiger charge is 2.22. The predicted octanol–water partition coefficient (Wildman–Crippen LogP) is 4.43. The number of benzene rings is 2. The van der Waals surface area contributed by atoms with Crippen molar-refractivity contribution in [3.05, 3.63) is 54.1 Å². The molecule has 0 radical (unpaired) electrons. The lowest BCUT2D eigenvalue weighted by molar-refractivity contribution is -0.118. The molecule has 2 aromatic rings. The average molecular weight is 407 g/mol. The number of carbonyl (C=O) groups is 1. The molecule has 7 heteroatoms. The van der Waals surface area contributed by atoms with Crippen LogP contribution in [0.25, 0.3) is 0 Å². The van der Waals surface area contributed by atoms with Crippen LogP contribution in [0.4, 0.5) is 5.69 Å². The number of sulfonamides is 1. The minimum absolute atomic E-state index is 0.133. The Labute approximate surface area is 166 Å². The van der Waals surface area contributed by atoms with Crippen molar-refractivity contribution in [2.45, 2.75) is 43.0 Å². The summed E-state index contributed by atoms with van der Waals surface area (Å²) in [6.45, 7) is 5.52. The predicted molar refractivity (Wildman–Crippen MR) is 111 cm³/mol. The first-order valence-corrected chi connectivity index (χ1v) is 11.6. The SMILES string of the molecule is CC[C@@H](NS(=O)(=O)c1ccc(SC)c(NC(=O)C(C)C)c1)c1ccccc1. The Balaban J connectivity index is 2.33. The van der Waals surface area contributed by atoms with E-state index in [9.17, 15) is 13.2 Å². The van der Waals surface area contributed by atoms with Crippen LogP contribution in [0.5, 0.6) is 0 Å². The van der Waals surface area contributed by atoms with E-state index < -0.39 is 10.0 Å². The molecule has 146 valence electrons. The molecule has 27 heavy (non-hydrogen) atoms. The monoisotopic (exact) mass is 406 g/mol. The first-order valence-electron chi connectivity index (χ1n) is 8.84. The van der Waals surface area contributed by atoms with Gasteiger partial charge in [0.05, 0.1) is 10.6 Å². The quantitative estimate of drug-likeness (QED) is 0.636. The Morgan fingerprint density at radius 1 is 1.11 bits per heavy atom. The van der Waals surface area contributed by atoms with Crippen molar-refractivity contribution in [1.29, 1.82) is 0 Å². The standard InChI is InChI=1S/C20H26N2O3S2/c1-5-17(15-9-7-6-8-10-15)22-27(24,25)16-11-12-19(26-4)18(13-16)21-20(23)14(2)3/h6-14,17,22H,5H2,1-4H3,(H,21,23)/t17-/m1/s1. The van der Waals surface area contributed by atoms with Crippen molar-refractivity contribution in [3.63, 3.8) is 0 Å². The molecule has 2 N–H and O–H groups in total. The highest BCUT2D eigenvalue weighted by molar-refractivity contribution is 7.98. The molecule has 0 aliphatic rings. The van der Waals surface area contributed by atoms with Crippen molar-refractivity contribution in [2.24, 2.45) is 5.92 Å². The number of nitrogens with one attached hydrogen (secondary N) is 2. The molecule has 0 bridgehead atoms. The summed E-state index contributed by atoms with van der Waals surface area (Å²) in [5.41, 5.74) is 1.43. The van der Waals surface area contributed by atoms with Gasteiger partial charge < -0.3 is 5.32 Å². The second kappa shape index (κ2) is 9.39. The van der Waals surface area contributed by atoms with Crippen molar-refractivity contribution in [3.8, 4) is 0 Å². The summed E-state index contributed by atoms with van der Waals surface area (Å²) in [6.07, 6.45) is 2.51. The fourth-order valence-electron chi connectivity index (χ4n) is 2.56. The van der Waals surface area contributed by atoms with Crippen LogP contribution >= 0.6 is 11.8 Å². The van der Waals surface area contributed by atoms with E-state index in [0.29, 0.717) is 12.1 Å². The third-order valence-corrected chi connectivity index (χ3v) is 6.44. The summed E-state index contributed by atoms with van der Waals surface area (Å²) in [5.74, 6) is -0.343. The van der Waals surface area contributed by atoms with E-state index in [1.165, 1.54) is 17.8 Å². The number of amides is 1. The molecule has 2 aromatic carbocycles. The van der Waals surface area contributed by atoms with Crippen molar-refractivity contribution in [2.75, 3.05) is 11.6 Å². The molecule has 0 unspecified atom stereocenters. The van der Waals surface area contributed by atoms with Crippen LogP contribution < -0.4 is 10.0 Å². The zero-order chi connectivity index (χ0) is 20.0. The third-order valence-electron chi connectivity index (χ3n) is 4.17. The first-order chi connectivity index (χ1) is 12.8. The van der Waals surface area contributed by atoms with Gasteiger partial charge in [0.25, 0.3) is 0 Å². The second-order valence-electron chi connectivity index (χ2n) is 6.50. The van der Waals surface area contributed by atoms with E-state index in [1.807, 2.05) is 43.5 Å². The molecular formula is C20H26N2O3S2. The van der Waals surface area contributed by atoms with Crippen LogP contribution in [0.1, 0.15) is 38.8 Å². The first kappa shape index (κ1) is 21.5. The van der Waals surface area contributed by atoms with Gasteiger partial charge in [-0.15, -0.1) is 11.8 Å². The van der Waals surface area contributed by atoms with Crippen LogP contribution in [0.3, 0.4) is 0 Å². The van der Waals surface area contributed by atoms with Gasteiger partial charge in [-0.3, -0.25) is 4.79 Å². The van der Waals surface area contributed by atoms with Crippen LogP contribution in [0.15, 0.2) is 58.3 Å². The Kier molecular flexibility index (Phi) is 7.47. The fraction of sp³-hybridized carbons (Fsp3) is 0.350. The molecule has 0 heterocycles. The Morgan fingerprint density at radius 2 is 1.78 bits per heavy atom. The molecule has 5 nitrogen and oxygen atoms in total. The van der Waals surface area contributed by atoms with Gasteiger partial charge in [-0.25, -0.2) is 13.1 Å². The number of rotatable bonds is 8. The normalized spacial score (nSPS) is 12.8. The maximum Gasteiger partial charge on any atom is 0.241 e. The number of anilines is 1. The average Bonchev–Trinajstić information content (AvgIpc) is 2.66. The van der Waals surface area contributed by atoms with E-state index >= 15 is 0 Å². The molecule has 0 saturated carbocycles. The molecule has 0 aliphatic heterocycles. The molecule has 1 amide bonds. The van der Waals surface area contributed by atoms with Crippen molar-refractivity contribution in [1.82, 2.24) is 4.72 Å². The lowest BCUT2D eigenvalue weighted by Crippen LogP contribution is -2.28. The minimum atomic E-state index is -3.73. The summed E-state index contributed by atoms with van der Waals surface area (Å²) in [7, 11) is -3.73. The van der Waals surface area contributed by atoms with Gasteiger partial charge in [-0.2, -0.15) is 0 Å². The third kappa shape index (κ3) is 5.57. The largest absolute Gasteiger partial charge is 0.325 e. The number of hydrogen-bond acceptors (Lipinski definition) is 4. The van der Waals surface area contributed by atoms with Crippen LogP contribution in [-0.4, -0.2) is 20.6 Å². The van der Waals surface area contributed by atoms with Gasteiger partial charge in [0.1, 0.15) is 0 Å². The van der Waals surface area contributed by atoms with E-state index in [4.69, 9.17) is 0 Å². The van der Waals surface area contributed by atoms with E-state index in [-0.39, 0.29) is 22.8 Å². The molecule has 0 aromatic heterocycles. The smallest absolute Gasteiger partial charge is 0.241 e. The molecule has 0 aliphatic carbocycles. The van der Waals surface area contributed by atoms with Gasteiger partial charge in [-0.05, 0) is 36.4 Å². The summed E-state index contributed by atoms with van der Waals surface area (Å²) >= 11 is 1.45. The minimum Gasteiger partial charge on any atom is -0.325 e. The Hall–Kier alpha value is -1.83. The maximum atomic E-state index is 12.9. The van der Waals surface area contributed by atoms with E-state index in [0.717, 1.165) is 10.5 Å². The van der Waals surface area contributed by atoms with Gasteiger partial charge in [0.2, 0.25) is 15.9 Å². The molecule has 1 atom stereocenters. The molecule has 0 fully saturated rings. The summed E-state index contributed by atoms with van der Waals surface area (Å²) in [4.78, 5) is 13.0. The number of thioether (sulfide) groups is 1. The summed E-state index contributed by atoms with van der Waals surface area (Å²) in [6, 6.07) is 14.0. The molecule has 0 saturated heterocycles. The fourth-order valence-corrected chi connectivity index (χ4v) is 4.42. The van der Waals surface area contributed by atoms with Gasteiger partial charge in [0.15, 0.2) is 0 Å². The van der Waals surface area contributed by atoms with Gasteiger partial charge in [-0.1, -0.05) is 51.1 Å². The zero-order valence-electron chi connectivity index (χ0n) is 16.0. The molecule has 0 spiro atoms. The van der Waals surface area contributed by atoms with E-state index in [1.54, 1.807) is 26.0 Å². The van der Waals surface area contributed by atoms with Crippen LogP contribution in [0.2, 0.25) is 0 Å². The number of hydrogen-bond donors (Lipinski definition) is 2. The summed E-state index contributed by atoms with van der Waals surface area (Å²) < 4.78 is 28.6. The maximum absolute atomic E-state index is 12.9. The van der Waals surface area contributed by atoms with Gasteiger partial charge in [0, 0.05) is 16.9 Å². The highest BCUT2D eigenvalue weighted by Crippen LogP contribution is 2.29. The van der Waals surface area contributed by atoms with Crippen LogP contribution in [-0.2, 0) is 14.8 Å². The second-order valence-corrected chi connectivity index (χ2v) is 9.06. The highest BCUT2D eigenvalue weighted by atomic mass is 32.2. The summed E-state index contributed by atoms with van der Waals surface area (Å²) in [5, 5.41) is 2.82. The Bertz CT molecular complexity index is 881. The Morgan fingerprint density at radius 3 is 2.33 bits per heavy atom.